The lowest BCUT2D eigenvalue weighted by Gasteiger charge is -1.96. The number of hydrogen-bond acceptors (Lipinski definition) is 2. The van der Waals surface area contributed by atoms with E-state index < -0.39 is 0 Å². The van der Waals surface area contributed by atoms with Crippen LogP contribution in [0.15, 0.2) is 19.9 Å². The van der Waals surface area contributed by atoms with Crippen LogP contribution in [-0.4, -0.2) is 14.5 Å². The monoisotopic (exact) mass is 305 g/mol. The number of aromatic amines is 1. The first-order valence-corrected chi connectivity index (χ1v) is 5.09. The zero-order valence-electron chi connectivity index (χ0n) is 6.64. The lowest BCUT2D eigenvalue weighted by atomic mass is 10.4. The highest BCUT2D eigenvalue weighted by Crippen LogP contribution is 2.23. The van der Waals surface area contributed by atoms with Crippen molar-refractivity contribution in [1.82, 2.24) is 14.5 Å². The van der Waals surface area contributed by atoms with Crippen molar-refractivity contribution in [2.24, 2.45) is 7.05 Å². The van der Waals surface area contributed by atoms with Crippen molar-refractivity contribution in [3.05, 3.63) is 25.6 Å². The van der Waals surface area contributed by atoms with Gasteiger partial charge < -0.3 is 0 Å². The third-order valence-electron chi connectivity index (χ3n) is 1.80. The Morgan fingerprint density at radius 3 is 2.92 bits per heavy atom. The van der Waals surface area contributed by atoms with Crippen molar-refractivity contribution in [2.75, 3.05) is 0 Å². The molecule has 13 heavy (non-hydrogen) atoms. The number of hydrogen-bond donors (Lipinski definition) is 1. The number of rotatable bonds is 0. The maximum atomic E-state index is 11.2. The molecule has 0 saturated carbocycles. The van der Waals surface area contributed by atoms with Gasteiger partial charge in [-0.25, -0.2) is 9.78 Å². The zero-order chi connectivity index (χ0) is 9.59. The van der Waals surface area contributed by atoms with Crippen LogP contribution in [0.2, 0.25) is 0 Å². The highest BCUT2D eigenvalue weighted by Gasteiger charge is 2.07. The molecule has 0 aromatic carbocycles. The molecule has 2 rings (SSSR count). The van der Waals surface area contributed by atoms with Crippen molar-refractivity contribution in [3.8, 4) is 0 Å². The van der Waals surface area contributed by atoms with Gasteiger partial charge in [0.2, 0.25) is 0 Å². The summed E-state index contributed by atoms with van der Waals surface area (Å²) < 4.78 is 3.02. The van der Waals surface area contributed by atoms with Gasteiger partial charge in [0.15, 0.2) is 5.65 Å². The van der Waals surface area contributed by atoms with Gasteiger partial charge in [-0.1, -0.05) is 0 Å². The summed E-state index contributed by atoms with van der Waals surface area (Å²) >= 11 is 6.58. The van der Waals surface area contributed by atoms with Crippen molar-refractivity contribution < 1.29 is 0 Å². The van der Waals surface area contributed by atoms with Crippen LogP contribution in [0.25, 0.3) is 11.2 Å². The molecule has 6 heteroatoms. The Labute approximate surface area is 90.2 Å². The quantitative estimate of drug-likeness (QED) is 0.754. The van der Waals surface area contributed by atoms with E-state index in [1.165, 1.54) is 4.57 Å². The van der Waals surface area contributed by atoms with Crippen LogP contribution in [0, 0.1) is 0 Å². The van der Waals surface area contributed by atoms with E-state index in [2.05, 4.69) is 41.8 Å². The minimum absolute atomic E-state index is 0.160. The fraction of sp³-hybridized carbons (Fsp3) is 0.143. The smallest absolute Gasteiger partial charge is 0.294 e. The van der Waals surface area contributed by atoms with Gasteiger partial charge in [-0.15, -0.1) is 0 Å². The summed E-state index contributed by atoms with van der Waals surface area (Å²) in [6, 6.07) is 1.84. The first-order chi connectivity index (χ1) is 6.09. The molecule has 0 bridgehead atoms. The molecular weight excluding hydrogens is 302 g/mol. The molecule has 2 heterocycles. The lowest BCUT2D eigenvalue weighted by molar-refractivity contribution is 0.891. The second kappa shape index (κ2) is 2.95. The van der Waals surface area contributed by atoms with Crippen LogP contribution in [-0.2, 0) is 7.05 Å². The SMILES string of the molecule is Cn1c(=O)[nH]c2nc(Br)c(Br)cc21. The van der Waals surface area contributed by atoms with Crippen LogP contribution in [0.5, 0.6) is 0 Å². The molecule has 2 aromatic heterocycles. The Hall–Kier alpha value is -0.620. The number of aryl methyl sites for hydroxylation is 1. The van der Waals surface area contributed by atoms with E-state index in [9.17, 15) is 4.79 Å². The largest absolute Gasteiger partial charge is 0.327 e. The van der Waals surface area contributed by atoms with Crippen LogP contribution in [0.4, 0.5) is 0 Å². The Bertz CT molecular complexity index is 528. The summed E-state index contributed by atoms with van der Waals surface area (Å²) in [6.07, 6.45) is 0. The molecule has 0 radical (unpaired) electrons. The average molecular weight is 307 g/mol. The van der Waals surface area contributed by atoms with Gasteiger partial charge in [-0.3, -0.25) is 9.55 Å². The summed E-state index contributed by atoms with van der Waals surface area (Å²) in [5, 5.41) is 0. The van der Waals surface area contributed by atoms with Crippen LogP contribution < -0.4 is 5.69 Å². The van der Waals surface area contributed by atoms with Crippen LogP contribution in [0.1, 0.15) is 0 Å². The lowest BCUT2D eigenvalue weighted by Crippen LogP contribution is -2.11. The van der Waals surface area contributed by atoms with Crippen molar-refractivity contribution in [1.29, 1.82) is 0 Å². The molecule has 0 atom stereocenters. The molecule has 0 aliphatic carbocycles. The van der Waals surface area contributed by atoms with Gasteiger partial charge in [-0.2, -0.15) is 0 Å². The molecule has 0 aliphatic heterocycles. The number of nitrogens with zero attached hydrogens (tertiary/aromatic N) is 2. The number of fused-ring (bicyclic) bond motifs is 1. The van der Waals surface area contributed by atoms with Crippen molar-refractivity contribution >= 4 is 43.0 Å². The van der Waals surface area contributed by atoms with Crippen LogP contribution >= 0.6 is 31.9 Å². The summed E-state index contributed by atoms with van der Waals surface area (Å²) in [6.45, 7) is 0. The number of imidazole rings is 1. The van der Waals surface area contributed by atoms with Gasteiger partial charge in [-0.05, 0) is 37.9 Å². The minimum Gasteiger partial charge on any atom is -0.294 e. The van der Waals surface area contributed by atoms with Crippen molar-refractivity contribution in [2.45, 2.75) is 0 Å². The second-order valence-corrected chi connectivity index (χ2v) is 4.22. The molecule has 0 amide bonds. The van der Waals surface area contributed by atoms with E-state index in [4.69, 9.17) is 0 Å². The van der Waals surface area contributed by atoms with Gasteiger partial charge >= 0.3 is 5.69 Å². The third-order valence-corrected chi connectivity index (χ3v) is 3.55. The molecule has 0 unspecified atom stereocenters. The molecule has 2 aromatic rings. The zero-order valence-corrected chi connectivity index (χ0v) is 9.81. The number of halogens is 2. The fourth-order valence-corrected chi connectivity index (χ4v) is 1.70. The molecule has 1 N–H and O–H groups in total. The Kier molecular flexibility index (Phi) is 2.03. The molecule has 0 aliphatic rings. The minimum atomic E-state index is -0.160. The van der Waals surface area contributed by atoms with E-state index >= 15 is 0 Å². The van der Waals surface area contributed by atoms with Gasteiger partial charge in [0.25, 0.3) is 0 Å². The molecular formula is C7H5Br2N3O. The molecule has 4 nitrogen and oxygen atoms in total. The number of aromatic nitrogens is 3. The summed E-state index contributed by atoms with van der Waals surface area (Å²) in [4.78, 5) is 18.0. The maximum absolute atomic E-state index is 11.2. The molecule has 0 saturated heterocycles. The number of nitrogens with one attached hydrogen (secondary N) is 1. The average Bonchev–Trinajstić information content (AvgIpc) is 2.32. The van der Waals surface area contributed by atoms with E-state index in [1.807, 2.05) is 6.07 Å². The highest BCUT2D eigenvalue weighted by atomic mass is 79.9. The van der Waals surface area contributed by atoms with E-state index in [0.29, 0.717) is 10.3 Å². The Balaban J connectivity index is 2.97. The number of H-pyrrole nitrogens is 1. The summed E-state index contributed by atoms with van der Waals surface area (Å²) in [7, 11) is 1.70. The molecule has 0 fully saturated rings. The van der Waals surface area contributed by atoms with Crippen LogP contribution in [0.3, 0.4) is 0 Å². The topological polar surface area (TPSA) is 50.7 Å². The molecule has 68 valence electrons. The van der Waals surface area contributed by atoms with Gasteiger partial charge in [0.1, 0.15) is 4.60 Å². The highest BCUT2D eigenvalue weighted by molar-refractivity contribution is 9.13. The Morgan fingerprint density at radius 1 is 1.54 bits per heavy atom. The first-order valence-electron chi connectivity index (χ1n) is 3.50. The van der Waals surface area contributed by atoms with E-state index in [-0.39, 0.29) is 5.69 Å². The second-order valence-electron chi connectivity index (χ2n) is 2.62. The summed E-state index contributed by atoms with van der Waals surface area (Å²) in [5.41, 5.74) is 1.20. The predicted molar refractivity (Wildman–Crippen MR) is 56.7 cm³/mol. The third kappa shape index (κ3) is 1.34. The molecule has 0 spiro atoms. The van der Waals surface area contributed by atoms with Gasteiger partial charge in [0, 0.05) is 7.05 Å². The van der Waals surface area contributed by atoms with Gasteiger partial charge in [0.05, 0.1) is 9.99 Å². The number of pyridine rings is 1. The van der Waals surface area contributed by atoms with E-state index in [1.54, 1.807) is 7.05 Å². The van der Waals surface area contributed by atoms with Crippen molar-refractivity contribution in [3.63, 3.8) is 0 Å². The first kappa shape index (κ1) is 8.96. The standard InChI is InChI=1S/C7H5Br2N3O/c1-12-4-2-3(8)5(9)10-6(4)11-7(12)13/h2H,1H3,(H,10,11,13). The summed E-state index contributed by atoms with van der Waals surface area (Å²) in [5.74, 6) is 0. The Morgan fingerprint density at radius 2 is 2.23 bits per heavy atom. The predicted octanol–water partition coefficient (Wildman–Crippen LogP) is 1.79. The maximum Gasteiger partial charge on any atom is 0.327 e. The van der Waals surface area contributed by atoms with E-state index in [0.717, 1.165) is 9.99 Å². The normalized spacial score (nSPS) is 11.0. The fourth-order valence-electron chi connectivity index (χ4n) is 1.10.